The highest BCUT2D eigenvalue weighted by atomic mass is 16.6. The molecule has 4 rings (SSSR count). The maximum Gasteiger partial charge on any atom is 0.311 e. The predicted molar refractivity (Wildman–Crippen MR) is 101 cm³/mol. The summed E-state index contributed by atoms with van der Waals surface area (Å²) >= 11 is 0. The SMILES string of the molecule is CCN(CC)CCNC[C@H]1C(=O)O[C@@H]2C[C@@]3(C)CCC[C@H](C)[C@@]34O[C@H]4[C@@H]21. The molecule has 5 heteroatoms. The first kappa shape index (κ1) is 18.7. The van der Waals surface area contributed by atoms with Gasteiger partial charge in [0.25, 0.3) is 0 Å². The zero-order valence-electron chi connectivity index (χ0n) is 16.9. The number of rotatable bonds is 7. The lowest BCUT2D eigenvalue weighted by Gasteiger charge is -2.48. The molecule has 0 bridgehead atoms. The van der Waals surface area contributed by atoms with Gasteiger partial charge in [0.05, 0.1) is 12.0 Å². The topological polar surface area (TPSA) is 54.1 Å². The fraction of sp³-hybridized carbons (Fsp3) is 0.952. The zero-order valence-corrected chi connectivity index (χ0v) is 16.9. The molecule has 26 heavy (non-hydrogen) atoms. The minimum absolute atomic E-state index is 0.00381. The summed E-state index contributed by atoms with van der Waals surface area (Å²) in [5, 5.41) is 3.52. The Kier molecular flexibility index (Phi) is 4.85. The molecule has 2 heterocycles. The first-order valence-corrected chi connectivity index (χ1v) is 10.8. The van der Waals surface area contributed by atoms with Gasteiger partial charge in [-0.25, -0.2) is 0 Å². The molecule has 0 aromatic heterocycles. The van der Waals surface area contributed by atoms with E-state index in [1.165, 1.54) is 19.3 Å². The number of epoxide rings is 1. The predicted octanol–water partition coefficient (Wildman–Crippen LogP) is 2.44. The summed E-state index contributed by atoms with van der Waals surface area (Å²) in [6.45, 7) is 13.9. The van der Waals surface area contributed by atoms with E-state index >= 15 is 0 Å². The van der Waals surface area contributed by atoms with E-state index in [0.29, 0.717) is 5.92 Å². The number of esters is 1. The number of ether oxygens (including phenoxy) is 2. The van der Waals surface area contributed by atoms with Gasteiger partial charge in [-0.2, -0.15) is 0 Å². The quantitative estimate of drug-likeness (QED) is 0.427. The Hall–Kier alpha value is -0.650. The molecular formula is C21H36N2O3. The average molecular weight is 365 g/mol. The third-order valence-corrected chi connectivity index (χ3v) is 8.06. The summed E-state index contributed by atoms with van der Waals surface area (Å²) in [5.41, 5.74) is 0.196. The minimum atomic E-state index is -0.0419. The third kappa shape index (κ3) is 2.65. The standard InChI is InChI=1S/C21H36N2O3/c1-5-23(6-2)11-10-22-13-15-17-16(25-19(15)24)12-20(4)9-7-8-14(3)21(20)18(17)26-21/h14-18,22H,5-13H2,1-4H3/t14-,15+,16+,17+,18-,20+,21-/m0/s1. The summed E-state index contributed by atoms with van der Waals surface area (Å²) in [4.78, 5) is 15.0. The van der Waals surface area contributed by atoms with Crippen LogP contribution in [0.4, 0.5) is 0 Å². The molecule has 0 aromatic carbocycles. The fourth-order valence-corrected chi connectivity index (χ4v) is 6.50. The van der Waals surface area contributed by atoms with Gasteiger partial charge in [0, 0.05) is 31.0 Å². The second-order valence-corrected chi connectivity index (χ2v) is 9.28. The number of nitrogens with zero attached hydrogens (tertiary/aromatic N) is 1. The average Bonchev–Trinajstić information content (AvgIpc) is 3.29. The largest absolute Gasteiger partial charge is 0.462 e. The van der Waals surface area contributed by atoms with Gasteiger partial charge in [0.1, 0.15) is 11.7 Å². The van der Waals surface area contributed by atoms with Crippen molar-refractivity contribution in [3.63, 3.8) is 0 Å². The molecule has 4 aliphatic rings. The molecule has 5 nitrogen and oxygen atoms in total. The van der Waals surface area contributed by atoms with Crippen LogP contribution < -0.4 is 5.32 Å². The highest BCUT2D eigenvalue weighted by Gasteiger charge is 2.78. The van der Waals surface area contributed by atoms with Gasteiger partial charge in [-0.3, -0.25) is 4.79 Å². The van der Waals surface area contributed by atoms with Gasteiger partial charge in [-0.05, 0) is 38.3 Å². The van der Waals surface area contributed by atoms with E-state index in [-0.39, 0.29) is 41.0 Å². The van der Waals surface area contributed by atoms with Crippen LogP contribution in [0.3, 0.4) is 0 Å². The Bertz CT molecular complexity index is 551. The van der Waals surface area contributed by atoms with Gasteiger partial charge in [-0.1, -0.05) is 34.1 Å². The summed E-state index contributed by atoms with van der Waals surface area (Å²) in [6.07, 6.45) is 5.01. The molecule has 1 spiro atoms. The Morgan fingerprint density at radius 3 is 2.81 bits per heavy atom. The summed E-state index contributed by atoms with van der Waals surface area (Å²) in [7, 11) is 0. The van der Waals surface area contributed by atoms with E-state index in [4.69, 9.17) is 9.47 Å². The van der Waals surface area contributed by atoms with Gasteiger partial charge in [-0.15, -0.1) is 0 Å². The molecule has 7 atom stereocenters. The normalized spacial score (nSPS) is 46.5. The molecular weight excluding hydrogens is 328 g/mol. The molecule has 0 radical (unpaired) electrons. The van der Waals surface area contributed by atoms with Crippen molar-refractivity contribution in [2.75, 3.05) is 32.7 Å². The van der Waals surface area contributed by atoms with Crippen LogP contribution in [0, 0.1) is 23.2 Å². The van der Waals surface area contributed by atoms with Crippen LogP contribution in [0.25, 0.3) is 0 Å². The van der Waals surface area contributed by atoms with Crippen LogP contribution in [0.1, 0.15) is 53.4 Å². The Morgan fingerprint density at radius 2 is 2.08 bits per heavy atom. The van der Waals surface area contributed by atoms with Gasteiger partial charge >= 0.3 is 5.97 Å². The number of carbonyl (C=O) groups excluding carboxylic acids is 1. The first-order valence-electron chi connectivity index (χ1n) is 10.8. The molecule has 2 saturated heterocycles. The number of likely N-dealkylation sites (N-methyl/N-ethyl adjacent to an activating group) is 1. The molecule has 0 aromatic rings. The molecule has 148 valence electrons. The van der Waals surface area contributed by atoms with E-state index in [9.17, 15) is 4.79 Å². The maximum atomic E-state index is 12.6. The summed E-state index contributed by atoms with van der Waals surface area (Å²) in [5.74, 6) is 0.798. The third-order valence-electron chi connectivity index (χ3n) is 8.06. The van der Waals surface area contributed by atoms with Crippen molar-refractivity contribution >= 4 is 5.97 Å². The monoisotopic (exact) mass is 364 g/mol. The van der Waals surface area contributed by atoms with Crippen LogP contribution in [0.15, 0.2) is 0 Å². The van der Waals surface area contributed by atoms with E-state index in [0.717, 1.165) is 39.1 Å². The van der Waals surface area contributed by atoms with Crippen LogP contribution in [0.2, 0.25) is 0 Å². The van der Waals surface area contributed by atoms with Crippen molar-refractivity contribution in [2.45, 2.75) is 71.2 Å². The summed E-state index contributed by atoms with van der Waals surface area (Å²) in [6, 6.07) is 0. The number of carbonyl (C=O) groups is 1. The Morgan fingerprint density at radius 1 is 1.31 bits per heavy atom. The number of fused-ring (bicyclic) bond motifs is 2. The smallest absolute Gasteiger partial charge is 0.311 e. The van der Waals surface area contributed by atoms with Crippen molar-refractivity contribution < 1.29 is 14.3 Å². The summed E-state index contributed by atoms with van der Waals surface area (Å²) < 4.78 is 12.4. The maximum absolute atomic E-state index is 12.6. The molecule has 2 aliphatic heterocycles. The molecule has 4 fully saturated rings. The Balaban J connectivity index is 1.41. The van der Waals surface area contributed by atoms with Gasteiger partial charge in [0.2, 0.25) is 0 Å². The van der Waals surface area contributed by atoms with Gasteiger partial charge in [0.15, 0.2) is 0 Å². The van der Waals surface area contributed by atoms with E-state index in [2.05, 4.69) is 37.9 Å². The van der Waals surface area contributed by atoms with Crippen molar-refractivity contribution in [1.82, 2.24) is 10.2 Å². The highest BCUT2D eigenvalue weighted by Crippen LogP contribution is 2.70. The molecule has 2 saturated carbocycles. The molecule has 0 amide bonds. The second-order valence-electron chi connectivity index (χ2n) is 9.28. The van der Waals surface area contributed by atoms with Crippen LogP contribution in [0.5, 0.6) is 0 Å². The zero-order chi connectivity index (χ0) is 18.5. The van der Waals surface area contributed by atoms with Crippen molar-refractivity contribution in [3.05, 3.63) is 0 Å². The Labute approximate surface area is 158 Å². The minimum Gasteiger partial charge on any atom is -0.462 e. The lowest BCUT2D eigenvalue weighted by molar-refractivity contribution is -0.146. The molecule has 0 unspecified atom stereocenters. The van der Waals surface area contributed by atoms with E-state index in [1.807, 2.05) is 0 Å². The van der Waals surface area contributed by atoms with E-state index < -0.39 is 0 Å². The lowest BCUT2D eigenvalue weighted by atomic mass is 9.53. The van der Waals surface area contributed by atoms with E-state index in [1.54, 1.807) is 0 Å². The van der Waals surface area contributed by atoms with Crippen LogP contribution in [-0.4, -0.2) is 61.4 Å². The van der Waals surface area contributed by atoms with Crippen LogP contribution >= 0.6 is 0 Å². The van der Waals surface area contributed by atoms with Crippen LogP contribution in [-0.2, 0) is 14.3 Å². The first-order chi connectivity index (χ1) is 12.5. The van der Waals surface area contributed by atoms with Crippen molar-refractivity contribution in [2.24, 2.45) is 23.2 Å². The fourth-order valence-electron chi connectivity index (χ4n) is 6.50. The lowest BCUT2D eigenvalue weighted by Crippen LogP contribution is -2.54. The second kappa shape index (κ2) is 6.75. The molecule has 2 aliphatic carbocycles. The van der Waals surface area contributed by atoms with Gasteiger partial charge < -0.3 is 19.7 Å². The number of hydrogen-bond acceptors (Lipinski definition) is 5. The van der Waals surface area contributed by atoms with Crippen molar-refractivity contribution in [1.29, 1.82) is 0 Å². The molecule has 1 N–H and O–H groups in total. The number of hydrogen-bond donors (Lipinski definition) is 1. The number of nitrogens with one attached hydrogen (secondary N) is 1. The highest BCUT2D eigenvalue weighted by molar-refractivity contribution is 5.76. The van der Waals surface area contributed by atoms with Crippen molar-refractivity contribution in [3.8, 4) is 0 Å².